The molecular formula is C11H6ClF3N2O2. The van der Waals surface area contributed by atoms with Crippen molar-refractivity contribution in [3.05, 3.63) is 61.6 Å². The maximum absolute atomic E-state index is 12.6. The third-order valence-corrected chi connectivity index (χ3v) is 2.65. The molecule has 0 radical (unpaired) electrons. The molecule has 1 aromatic carbocycles. The van der Waals surface area contributed by atoms with Crippen LogP contribution in [0.3, 0.4) is 0 Å². The van der Waals surface area contributed by atoms with Gasteiger partial charge in [0.15, 0.2) is 0 Å². The Hall–Kier alpha value is -2.02. The minimum absolute atomic E-state index is 0.0862. The zero-order valence-corrected chi connectivity index (χ0v) is 9.92. The summed E-state index contributed by atoms with van der Waals surface area (Å²) in [5, 5.41) is 2.02. The number of alkyl halides is 3. The number of benzene rings is 1. The van der Waals surface area contributed by atoms with Crippen molar-refractivity contribution in [2.75, 3.05) is 0 Å². The number of nitrogens with one attached hydrogen (secondary N) is 1. The summed E-state index contributed by atoms with van der Waals surface area (Å²) in [5.41, 5.74) is -2.53. The summed E-state index contributed by atoms with van der Waals surface area (Å²) in [6.07, 6.45) is -4.57. The van der Waals surface area contributed by atoms with E-state index in [4.69, 9.17) is 11.6 Å². The molecule has 1 aromatic heterocycles. The van der Waals surface area contributed by atoms with Gasteiger partial charge in [0.25, 0.3) is 11.1 Å². The SMILES string of the molecule is O=c1ccc(=O)n(-c2cc(C(F)(F)F)ccc2Cl)[nH]1. The van der Waals surface area contributed by atoms with Gasteiger partial charge in [0.05, 0.1) is 16.3 Å². The summed E-state index contributed by atoms with van der Waals surface area (Å²) in [5.74, 6) is 0. The Balaban J connectivity index is 2.72. The van der Waals surface area contributed by atoms with Crippen LogP contribution in [0.1, 0.15) is 5.56 Å². The molecule has 8 heteroatoms. The van der Waals surface area contributed by atoms with Gasteiger partial charge in [0.1, 0.15) is 0 Å². The van der Waals surface area contributed by atoms with Gasteiger partial charge in [-0.15, -0.1) is 0 Å². The zero-order valence-electron chi connectivity index (χ0n) is 9.16. The first-order valence-corrected chi connectivity index (χ1v) is 5.36. The van der Waals surface area contributed by atoms with Gasteiger partial charge < -0.3 is 0 Å². The summed E-state index contributed by atoms with van der Waals surface area (Å²) in [6, 6.07) is 4.41. The van der Waals surface area contributed by atoms with E-state index in [0.29, 0.717) is 10.7 Å². The van der Waals surface area contributed by atoms with Crippen LogP contribution in [0.4, 0.5) is 13.2 Å². The van der Waals surface area contributed by atoms with Crippen molar-refractivity contribution in [2.24, 2.45) is 0 Å². The highest BCUT2D eigenvalue weighted by Crippen LogP contribution is 2.32. The number of H-pyrrole nitrogens is 1. The van der Waals surface area contributed by atoms with Crippen molar-refractivity contribution in [3.63, 3.8) is 0 Å². The normalized spacial score (nSPS) is 11.6. The summed E-state index contributed by atoms with van der Waals surface area (Å²) < 4.78 is 38.4. The number of rotatable bonds is 1. The van der Waals surface area contributed by atoms with Crippen LogP contribution in [0.15, 0.2) is 39.9 Å². The maximum atomic E-state index is 12.6. The molecule has 0 aliphatic carbocycles. The molecule has 0 unspecified atom stereocenters. The minimum atomic E-state index is -4.57. The highest BCUT2D eigenvalue weighted by molar-refractivity contribution is 6.32. The van der Waals surface area contributed by atoms with Crippen LogP contribution in [-0.4, -0.2) is 9.78 Å². The molecule has 0 saturated heterocycles. The quantitative estimate of drug-likeness (QED) is 0.875. The third-order valence-electron chi connectivity index (χ3n) is 2.33. The lowest BCUT2D eigenvalue weighted by molar-refractivity contribution is -0.137. The topological polar surface area (TPSA) is 54.9 Å². The van der Waals surface area contributed by atoms with Gasteiger partial charge in [-0.1, -0.05) is 11.6 Å². The number of hydrogen-bond acceptors (Lipinski definition) is 2. The van der Waals surface area contributed by atoms with E-state index in [1.807, 2.05) is 0 Å². The van der Waals surface area contributed by atoms with Crippen LogP contribution in [-0.2, 0) is 6.18 Å². The molecule has 19 heavy (non-hydrogen) atoms. The van der Waals surface area contributed by atoms with Crippen molar-refractivity contribution in [1.29, 1.82) is 0 Å². The van der Waals surface area contributed by atoms with Crippen LogP contribution < -0.4 is 11.1 Å². The van der Waals surface area contributed by atoms with Crippen molar-refractivity contribution in [2.45, 2.75) is 6.18 Å². The summed E-state index contributed by atoms with van der Waals surface area (Å²) in [4.78, 5) is 22.7. The minimum Gasteiger partial charge on any atom is -0.268 e. The van der Waals surface area contributed by atoms with E-state index < -0.39 is 22.9 Å². The predicted octanol–water partition coefficient (Wildman–Crippen LogP) is 2.20. The summed E-state index contributed by atoms with van der Waals surface area (Å²) in [7, 11) is 0. The monoisotopic (exact) mass is 290 g/mol. The van der Waals surface area contributed by atoms with Gasteiger partial charge in [0.2, 0.25) is 0 Å². The molecule has 0 amide bonds. The molecule has 0 bridgehead atoms. The molecule has 0 fully saturated rings. The third kappa shape index (κ3) is 2.70. The van der Waals surface area contributed by atoms with Crippen LogP contribution in [0.25, 0.3) is 5.69 Å². The Morgan fingerprint density at radius 1 is 1.11 bits per heavy atom. The lowest BCUT2D eigenvalue weighted by Crippen LogP contribution is -2.27. The molecule has 0 saturated carbocycles. The lowest BCUT2D eigenvalue weighted by Gasteiger charge is -2.11. The van der Waals surface area contributed by atoms with E-state index in [2.05, 4.69) is 5.10 Å². The molecule has 1 heterocycles. The summed E-state index contributed by atoms with van der Waals surface area (Å²) in [6.45, 7) is 0. The summed E-state index contributed by atoms with van der Waals surface area (Å²) >= 11 is 5.76. The molecule has 0 atom stereocenters. The van der Waals surface area contributed by atoms with Crippen molar-refractivity contribution >= 4 is 11.6 Å². The molecule has 0 spiro atoms. The second-order valence-electron chi connectivity index (χ2n) is 3.65. The van der Waals surface area contributed by atoms with Gasteiger partial charge in [-0.25, -0.2) is 4.68 Å². The Bertz CT molecular complexity index is 734. The van der Waals surface area contributed by atoms with Gasteiger partial charge in [0, 0.05) is 12.1 Å². The number of hydrogen-bond donors (Lipinski definition) is 1. The number of halogens is 4. The highest BCUT2D eigenvalue weighted by atomic mass is 35.5. The van der Waals surface area contributed by atoms with E-state index in [9.17, 15) is 22.8 Å². The fourth-order valence-electron chi connectivity index (χ4n) is 1.46. The van der Waals surface area contributed by atoms with Crippen LogP contribution in [0.2, 0.25) is 5.02 Å². The van der Waals surface area contributed by atoms with E-state index in [0.717, 1.165) is 24.3 Å². The largest absolute Gasteiger partial charge is 0.416 e. The van der Waals surface area contributed by atoms with Crippen molar-refractivity contribution < 1.29 is 13.2 Å². The van der Waals surface area contributed by atoms with Gasteiger partial charge in [-0.3, -0.25) is 14.7 Å². The Morgan fingerprint density at radius 2 is 1.79 bits per heavy atom. The first kappa shape index (κ1) is 13.4. The highest BCUT2D eigenvalue weighted by Gasteiger charge is 2.31. The molecule has 0 aliphatic heterocycles. The molecule has 1 N–H and O–H groups in total. The molecule has 2 rings (SSSR count). The van der Waals surface area contributed by atoms with Crippen LogP contribution in [0, 0.1) is 0 Å². The average molecular weight is 291 g/mol. The standard InChI is InChI=1S/C11H6ClF3N2O2/c12-7-2-1-6(11(13,14)15)5-8(7)17-10(19)4-3-9(18)16-17/h1-5H,(H,16,18). The van der Waals surface area contributed by atoms with Gasteiger partial charge in [-0.2, -0.15) is 13.2 Å². The molecule has 4 nitrogen and oxygen atoms in total. The first-order valence-electron chi connectivity index (χ1n) is 4.98. The van der Waals surface area contributed by atoms with Gasteiger partial charge >= 0.3 is 6.18 Å². The fourth-order valence-corrected chi connectivity index (χ4v) is 1.67. The Labute approximate surface area is 109 Å². The lowest BCUT2D eigenvalue weighted by atomic mass is 10.2. The van der Waals surface area contributed by atoms with E-state index in [1.165, 1.54) is 0 Å². The molecule has 2 aromatic rings. The molecule has 0 aliphatic rings. The van der Waals surface area contributed by atoms with Crippen molar-refractivity contribution in [1.82, 2.24) is 9.78 Å². The van der Waals surface area contributed by atoms with Crippen molar-refractivity contribution in [3.8, 4) is 5.69 Å². The molecular weight excluding hydrogens is 285 g/mol. The number of nitrogens with zero attached hydrogens (tertiary/aromatic N) is 1. The predicted molar refractivity (Wildman–Crippen MR) is 62.7 cm³/mol. The fraction of sp³-hybridized carbons (Fsp3) is 0.0909. The van der Waals surface area contributed by atoms with Crippen LogP contribution >= 0.6 is 11.6 Å². The zero-order chi connectivity index (χ0) is 14.2. The van der Waals surface area contributed by atoms with E-state index >= 15 is 0 Å². The first-order chi connectivity index (χ1) is 8.79. The van der Waals surface area contributed by atoms with E-state index in [-0.39, 0.29) is 10.7 Å². The smallest absolute Gasteiger partial charge is 0.268 e. The Kier molecular flexibility index (Phi) is 3.23. The second-order valence-corrected chi connectivity index (χ2v) is 4.05. The maximum Gasteiger partial charge on any atom is 0.416 e. The number of aromatic nitrogens is 2. The van der Waals surface area contributed by atoms with Gasteiger partial charge in [-0.05, 0) is 18.2 Å². The van der Waals surface area contributed by atoms with Crippen LogP contribution in [0.5, 0.6) is 0 Å². The second kappa shape index (κ2) is 4.58. The Morgan fingerprint density at radius 3 is 2.42 bits per heavy atom. The van der Waals surface area contributed by atoms with E-state index in [1.54, 1.807) is 0 Å². The molecule has 100 valence electrons. The number of aromatic amines is 1. The average Bonchev–Trinajstić information content (AvgIpc) is 2.32.